The molecule has 0 bridgehead atoms. The summed E-state index contributed by atoms with van der Waals surface area (Å²) in [6, 6.07) is 0. The molecule has 1 rings (SSSR count). The van der Waals surface area contributed by atoms with Gasteiger partial charge >= 0.3 is 29.9 Å². The highest BCUT2D eigenvalue weighted by atomic mass is 19.4. The molecule has 1 atom stereocenters. The molecule has 0 spiro atoms. The van der Waals surface area contributed by atoms with Gasteiger partial charge in [-0.25, -0.2) is 0 Å². The van der Waals surface area contributed by atoms with Gasteiger partial charge < -0.3 is 9.47 Å². The van der Waals surface area contributed by atoms with Crippen LogP contribution in [0.3, 0.4) is 0 Å². The topological polar surface area (TPSA) is 18.5 Å². The summed E-state index contributed by atoms with van der Waals surface area (Å²) in [5, 5.41) is 0. The maximum absolute atomic E-state index is 13.5. The van der Waals surface area contributed by atoms with Gasteiger partial charge in [-0.2, -0.15) is 48.3 Å². The molecule has 0 aliphatic carbocycles. The maximum Gasteiger partial charge on any atom is 0.460 e. The largest absolute Gasteiger partial charge is 0.460 e. The molecule has 31 heavy (non-hydrogen) atoms. The molecule has 1 unspecified atom stereocenters. The Morgan fingerprint density at radius 2 is 1.16 bits per heavy atom. The Morgan fingerprint density at radius 3 is 1.65 bits per heavy atom. The number of ether oxygens (including phenoxy) is 2. The summed E-state index contributed by atoms with van der Waals surface area (Å²) in [4.78, 5) is 0. The first-order chi connectivity index (χ1) is 14.1. The lowest BCUT2D eigenvalue weighted by atomic mass is 9.94. The number of rotatable bonds is 14. The zero-order chi connectivity index (χ0) is 24.0. The summed E-state index contributed by atoms with van der Waals surface area (Å²) < 4.78 is 152. The predicted octanol–water partition coefficient (Wildman–Crippen LogP) is 7.36. The fourth-order valence-electron chi connectivity index (χ4n) is 2.99. The smallest absolute Gasteiger partial charge is 0.353 e. The van der Waals surface area contributed by atoms with E-state index in [2.05, 4.69) is 0 Å². The fraction of sp³-hybridized carbons (Fsp3) is 1.00. The van der Waals surface area contributed by atoms with E-state index < -0.39 is 42.7 Å². The Labute approximate surface area is 172 Å². The van der Waals surface area contributed by atoms with Gasteiger partial charge in [-0.1, -0.05) is 32.1 Å². The molecule has 0 amide bonds. The molecule has 1 heterocycles. The van der Waals surface area contributed by atoms with Crippen molar-refractivity contribution in [3.8, 4) is 0 Å². The highest BCUT2D eigenvalue weighted by Crippen LogP contribution is 2.58. The molecular formula is C18H25F11O2. The zero-order valence-electron chi connectivity index (χ0n) is 16.5. The molecule has 0 N–H and O–H groups in total. The van der Waals surface area contributed by atoms with Gasteiger partial charge in [-0.15, -0.1) is 0 Å². The molecule has 1 aliphatic heterocycles. The molecule has 1 aliphatic rings. The van der Waals surface area contributed by atoms with Crippen molar-refractivity contribution in [2.75, 3.05) is 13.2 Å². The quantitative estimate of drug-likeness (QED) is 0.190. The van der Waals surface area contributed by atoms with Gasteiger partial charge in [0, 0.05) is 26.1 Å². The Bertz CT molecular complexity index is 529. The van der Waals surface area contributed by atoms with Crippen LogP contribution < -0.4 is 0 Å². The molecule has 0 saturated carbocycles. The second kappa shape index (κ2) is 10.8. The fourth-order valence-corrected chi connectivity index (χ4v) is 2.99. The van der Waals surface area contributed by atoms with Crippen LogP contribution in [0.15, 0.2) is 0 Å². The molecule has 1 fully saturated rings. The van der Waals surface area contributed by atoms with Crippen molar-refractivity contribution < 1.29 is 57.8 Å². The van der Waals surface area contributed by atoms with E-state index in [1.165, 1.54) is 0 Å². The van der Waals surface area contributed by atoms with Crippen LogP contribution in [0.1, 0.15) is 64.2 Å². The summed E-state index contributed by atoms with van der Waals surface area (Å²) in [6.07, 6.45) is -5.44. The summed E-state index contributed by atoms with van der Waals surface area (Å²) in [5.41, 5.74) is 0. The minimum absolute atomic E-state index is 0.0979. The third-order valence-electron chi connectivity index (χ3n) is 4.93. The minimum Gasteiger partial charge on any atom is -0.353 e. The second-order valence-corrected chi connectivity index (χ2v) is 7.46. The number of alkyl halides is 11. The van der Waals surface area contributed by atoms with E-state index in [0.29, 0.717) is 32.5 Å². The van der Waals surface area contributed by atoms with Crippen LogP contribution in [0.5, 0.6) is 0 Å². The minimum atomic E-state index is -7.32. The molecule has 0 aromatic rings. The van der Waals surface area contributed by atoms with Gasteiger partial charge in [0.25, 0.3) is 0 Å². The molecule has 2 nitrogen and oxygen atoms in total. The zero-order valence-corrected chi connectivity index (χ0v) is 16.5. The van der Waals surface area contributed by atoms with Gasteiger partial charge in [0.2, 0.25) is 0 Å². The molecule has 1 saturated heterocycles. The average Bonchev–Trinajstić information content (AvgIpc) is 3.15. The predicted molar refractivity (Wildman–Crippen MR) is 87.7 cm³/mol. The molecule has 186 valence electrons. The number of hydrogen-bond acceptors (Lipinski definition) is 2. The number of unbranched alkanes of at least 4 members (excludes halogenated alkanes) is 6. The van der Waals surface area contributed by atoms with Crippen LogP contribution in [0.4, 0.5) is 48.3 Å². The summed E-state index contributed by atoms with van der Waals surface area (Å²) in [7, 11) is 0. The Balaban J connectivity index is 2.33. The van der Waals surface area contributed by atoms with Crippen molar-refractivity contribution >= 4 is 0 Å². The SMILES string of the molecule is FC(F)(F)C(F)(F)C(F)(F)C(F)(F)C(F)(F)CCCCCCCCCOC1CCCO1. The van der Waals surface area contributed by atoms with Gasteiger partial charge in [-0.3, -0.25) is 0 Å². The molecule has 0 aromatic carbocycles. The molecule has 0 aromatic heterocycles. The Morgan fingerprint density at radius 1 is 0.645 bits per heavy atom. The van der Waals surface area contributed by atoms with E-state index in [1.54, 1.807) is 0 Å². The summed E-state index contributed by atoms with van der Waals surface area (Å²) >= 11 is 0. The van der Waals surface area contributed by atoms with E-state index in [9.17, 15) is 48.3 Å². The van der Waals surface area contributed by atoms with Crippen molar-refractivity contribution in [3.05, 3.63) is 0 Å². The third-order valence-corrected chi connectivity index (χ3v) is 4.93. The van der Waals surface area contributed by atoms with Crippen LogP contribution in [0, 0.1) is 0 Å². The van der Waals surface area contributed by atoms with Crippen molar-refractivity contribution in [2.45, 2.75) is 100 Å². The number of halogens is 11. The summed E-state index contributed by atoms with van der Waals surface area (Å²) in [6.45, 7) is 1.13. The van der Waals surface area contributed by atoms with Crippen molar-refractivity contribution in [3.63, 3.8) is 0 Å². The standard InChI is InChI=1S/C18H25F11O2/c19-14(20,15(21,22)16(23,24)17(25,26)18(27,28)29)10-6-4-2-1-3-5-7-11-30-13-9-8-12-31-13/h13H,1-12H2. The van der Waals surface area contributed by atoms with E-state index in [1.807, 2.05) is 0 Å². The van der Waals surface area contributed by atoms with Crippen LogP contribution in [-0.2, 0) is 9.47 Å². The highest BCUT2D eigenvalue weighted by Gasteiger charge is 2.86. The van der Waals surface area contributed by atoms with Gasteiger partial charge in [0.1, 0.15) is 0 Å². The van der Waals surface area contributed by atoms with E-state index in [4.69, 9.17) is 9.47 Å². The second-order valence-electron chi connectivity index (χ2n) is 7.46. The Hall–Kier alpha value is -0.850. The van der Waals surface area contributed by atoms with Crippen LogP contribution in [-0.4, -0.2) is 49.4 Å². The van der Waals surface area contributed by atoms with Crippen molar-refractivity contribution in [1.29, 1.82) is 0 Å². The van der Waals surface area contributed by atoms with Gasteiger partial charge in [0.15, 0.2) is 6.29 Å². The highest BCUT2D eigenvalue weighted by molar-refractivity contribution is 5.06. The van der Waals surface area contributed by atoms with Crippen LogP contribution in [0.2, 0.25) is 0 Å². The lowest BCUT2D eigenvalue weighted by Crippen LogP contribution is -2.66. The average molecular weight is 482 g/mol. The Kier molecular flexibility index (Phi) is 9.86. The van der Waals surface area contributed by atoms with Crippen LogP contribution >= 0.6 is 0 Å². The first-order valence-corrected chi connectivity index (χ1v) is 9.89. The van der Waals surface area contributed by atoms with Crippen molar-refractivity contribution in [2.24, 2.45) is 0 Å². The summed E-state index contributed by atoms with van der Waals surface area (Å²) in [5.74, 6) is -27.3. The van der Waals surface area contributed by atoms with Crippen molar-refractivity contribution in [1.82, 2.24) is 0 Å². The normalized spacial score (nSPS) is 19.3. The van der Waals surface area contributed by atoms with Crippen LogP contribution in [0.25, 0.3) is 0 Å². The molecular weight excluding hydrogens is 457 g/mol. The van der Waals surface area contributed by atoms with E-state index in [0.717, 1.165) is 19.3 Å². The van der Waals surface area contributed by atoms with Gasteiger partial charge in [0.05, 0.1) is 0 Å². The number of hydrogen-bond donors (Lipinski definition) is 0. The lowest BCUT2D eigenvalue weighted by Gasteiger charge is -2.37. The molecule has 0 radical (unpaired) electrons. The first-order valence-electron chi connectivity index (χ1n) is 9.89. The lowest BCUT2D eigenvalue weighted by molar-refractivity contribution is -0.422. The van der Waals surface area contributed by atoms with E-state index in [-0.39, 0.29) is 19.1 Å². The third kappa shape index (κ3) is 6.82. The molecule has 13 heteroatoms. The van der Waals surface area contributed by atoms with E-state index >= 15 is 0 Å². The first kappa shape index (κ1) is 28.2. The van der Waals surface area contributed by atoms with Gasteiger partial charge in [-0.05, 0) is 19.3 Å². The maximum atomic E-state index is 13.5. The monoisotopic (exact) mass is 482 g/mol.